The molecular formula is C17H31Cl2O3PSi2. The molecule has 0 aliphatic rings. The Hall–Kier alpha value is 0.224. The summed E-state index contributed by atoms with van der Waals surface area (Å²) in [6.07, 6.45) is 1.16. The molecule has 0 bridgehead atoms. The van der Waals surface area contributed by atoms with E-state index >= 15 is 0 Å². The lowest BCUT2D eigenvalue weighted by atomic mass is 10.2. The van der Waals surface area contributed by atoms with E-state index in [1.807, 2.05) is 0 Å². The molecule has 8 heteroatoms. The summed E-state index contributed by atoms with van der Waals surface area (Å²) in [5, 5.41) is 10.3. The van der Waals surface area contributed by atoms with Crippen molar-refractivity contribution in [3.05, 3.63) is 27.7 Å². The van der Waals surface area contributed by atoms with Crippen molar-refractivity contribution in [2.75, 3.05) is 12.3 Å². The van der Waals surface area contributed by atoms with Crippen LogP contribution in [0.3, 0.4) is 0 Å². The quantitative estimate of drug-likeness (QED) is 0.338. The van der Waals surface area contributed by atoms with E-state index in [9.17, 15) is 9.67 Å². The molecule has 0 aromatic heterocycles. The van der Waals surface area contributed by atoms with Gasteiger partial charge in [0.2, 0.25) is 7.37 Å². The minimum Gasteiger partial charge on any atom is -0.442 e. The summed E-state index contributed by atoms with van der Waals surface area (Å²) in [4.78, 5) is 0. The third kappa shape index (κ3) is 8.19. The average Bonchev–Trinajstić information content (AvgIpc) is 2.46. The molecule has 1 aromatic carbocycles. The van der Waals surface area contributed by atoms with Crippen molar-refractivity contribution in [2.24, 2.45) is 0 Å². The van der Waals surface area contributed by atoms with Gasteiger partial charge in [-0.2, -0.15) is 0 Å². The van der Waals surface area contributed by atoms with Gasteiger partial charge < -0.3 is 9.63 Å². The van der Waals surface area contributed by atoms with Crippen molar-refractivity contribution in [2.45, 2.75) is 58.0 Å². The molecule has 0 radical (unpaired) electrons. The summed E-state index contributed by atoms with van der Waals surface area (Å²) < 4.78 is 19.7. The van der Waals surface area contributed by atoms with Crippen LogP contribution < -0.4 is 4.52 Å². The molecule has 25 heavy (non-hydrogen) atoms. The fourth-order valence-corrected chi connectivity index (χ4v) is 11.6. The fraction of sp³-hybridized carbons (Fsp3) is 0.647. The number of benzene rings is 1. The molecule has 144 valence electrons. The Morgan fingerprint density at radius 3 is 1.88 bits per heavy atom. The van der Waals surface area contributed by atoms with Crippen LogP contribution in [-0.2, 0) is 11.2 Å². The van der Waals surface area contributed by atoms with Crippen molar-refractivity contribution in [3.63, 3.8) is 0 Å². The van der Waals surface area contributed by atoms with Gasteiger partial charge in [-0.25, -0.2) is 0 Å². The molecular weight excluding hydrogens is 410 g/mol. The Morgan fingerprint density at radius 2 is 1.48 bits per heavy atom. The predicted octanol–water partition coefficient (Wildman–Crippen LogP) is 6.82. The van der Waals surface area contributed by atoms with E-state index in [4.69, 9.17) is 27.7 Å². The molecule has 0 aliphatic carbocycles. The highest BCUT2D eigenvalue weighted by Crippen LogP contribution is 2.51. The number of hydrogen-bond donors (Lipinski definition) is 1. The summed E-state index contributed by atoms with van der Waals surface area (Å²) in [6.45, 7) is 13.3. The van der Waals surface area contributed by atoms with Crippen LogP contribution >= 0.6 is 30.6 Å². The summed E-state index contributed by atoms with van der Waals surface area (Å²) in [5.74, 6) is 0.395. The lowest BCUT2D eigenvalue weighted by molar-refractivity contribution is 0.278. The zero-order valence-electron chi connectivity index (χ0n) is 16.2. The van der Waals surface area contributed by atoms with Gasteiger partial charge in [0.05, 0.1) is 16.7 Å². The number of aliphatic hydroxyl groups excluding tert-OH is 1. The van der Waals surface area contributed by atoms with E-state index in [2.05, 4.69) is 39.3 Å². The minimum absolute atomic E-state index is 0.267. The van der Waals surface area contributed by atoms with Gasteiger partial charge >= 0.3 is 0 Å². The monoisotopic (exact) mass is 440 g/mol. The van der Waals surface area contributed by atoms with Crippen LogP contribution in [0.5, 0.6) is 5.75 Å². The van der Waals surface area contributed by atoms with Crippen LogP contribution in [0.1, 0.15) is 5.56 Å². The van der Waals surface area contributed by atoms with Crippen molar-refractivity contribution >= 4 is 46.7 Å². The molecule has 3 nitrogen and oxygen atoms in total. The van der Waals surface area contributed by atoms with Gasteiger partial charge in [-0.05, 0) is 24.2 Å². The smallest absolute Gasteiger partial charge is 0.247 e. The molecule has 1 aromatic rings. The Kier molecular flexibility index (Phi) is 8.32. The zero-order chi connectivity index (χ0) is 19.5. The number of aliphatic hydroxyl groups is 1. The van der Waals surface area contributed by atoms with E-state index < -0.39 is 23.5 Å². The molecule has 0 heterocycles. The molecule has 1 N–H and O–H groups in total. The molecule has 0 aliphatic heterocycles. The van der Waals surface area contributed by atoms with Crippen molar-refractivity contribution < 1.29 is 14.2 Å². The minimum atomic E-state index is -2.85. The maximum atomic E-state index is 13.6. The number of rotatable bonds is 9. The summed E-state index contributed by atoms with van der Waals surface area (Å²) in [7, 11) is -5.53. The van der Waals surface area contributed by atoms with E-state index in [1.165, 1.54) is 0 Å². The second-order valence-electron chi connectivity index (χ2n) is 8.97. The highest BCUT2D eigenvalue weighted by Gasteiger charge is 2.31. The van der Waals surface area contributed by atoms with Gasteiger partial charge in [0.1, 0.15) is 5.75 Å². The maximum Gasteiger partial charge on any atom is 0.247 e. The largest absolute Gasteiger partial charge is 0.442 e. The Labute approximate surface area is 164 Å². The Balaban J connectivity index is 3.12. The second kappa shape index (κ2) is 8.94. The Morgan fingerprint density at radius 1 is 1.00 bits per heavy atom. The van der Waals surface area contributed by atoms with Gasteiger partial charge in [0, 0.05) is 34.0 Å². The molecule has 0 atom stereocenters. The molecule has 0 fully saturated rings. The first-order valence-electron chi connectivity index (χ1n) is 8.62. The second-order valence-corrected chi connectivity index (χ2v) is 23.7. The predicted molar refractivity (Wildman–Crippen MR) is 117 cm³/mol. The first kappa shape index (κ1) is 23.3. The maximum absolute atomic E-state index is 13.6. The van der Waals surface area contributed by atoms with E-state index in [0.717, 1.165) is 12.1 Å². The van der Waals surface area contributed by atoms with Crippen LogP contribution in [0.25, 0.3) is 0 Å². The molecule has 0 amide bonds. The highest BCUT2D eigenvalue weighted by atomic mass is 35.5. The van der Waals surface area contributed by atoms with Crippen molar-refractivity contribution in [3.8, 4) is 5.75 Å². The first-order valence-corrected chi connectivity index (χ1v) is 18.8. The van der Waals surface area contributed by atoms with Crippen LogP contribution in [0.2, 0.25) is 61.4 Å². The van der Waals surface area contributed by atoms with Gasteiger partial charge in [0.25, 0.3) is 0 Å². The topological polar surface area (TPSA) is 46.5 Å². The van der Waals surface area contributed by atoms with Crippen molar-refractivity contribution in [1.82, 2.24) is 0 Å². The fourth-order valence-electron chi connectivity index (χ4n) is 2.20. The van der Waals surface area contributed by atoms with Crippen LogP contribution in [0, 0.1) is 0 Å². The standard InChI is InChI=1S/C17H31Cl2O3PSi2/c1-24(2,3)11-9-23(21,10-12-25(4,5)6)22-16-8-7-15(18)17(19)14(16)13-20/h7-8,20H,9-13H2,1-6H3. The lowest BCUT2D eigenvalue weighted by Gasteiger charge is -2.27. The molecule has 0 saturated heterocycles. The van der Waals surface area contributed by atoms with Gasteiger partial charge in [-0.15, -0.1) is 0 Å². The van der Waals surface area contributed by atoms with Crippen LogP contribution in [0.15, 0.2) is 12.1 Å². The van der Waals surface area contributed by atoms with Crippen molar-refractivity contribution in [1.29, 1.82) is 0 Å². The summed E-state index contributed by atoms with van der Waals surface area (Å²) in [6, 6.07) is 5.19. The molecule has 0 unspecified atom stereocenters. The zero-order valence-corrected chi connectivity index (χ0v) is 20.6. The third-order valence-corrected chi connectivity index (χ3v) is 11.5. The van der Waals surface area contributed by atoms with Crippen LogP contribution in [-0.4, -0.2) is 33.6 Å². The average molecular weight is 441 g/mol. The van der Waals surface area contributed by atoms with E-state index in [-0.39, 0.29) is 11.6 Å². The molecule has 0 saturated carbocycles. The normalized spacial score (nSPS) is 13.2. The summed E-state index contributed by atoms with van der Waals surface area (Å²) >= 11 is 12.2. The van der Waals surface area contributed by atoms with Gasteiger partial charge in [0.15, 0.2) is 0 Å². The van der Waals surface area contributed by atoms with E-state index in [1.54, 1.807) is 12.1 Å². The molecule has 0 spiro atoms. The SMILES string of the molecule is C[Si](C)(C)CCP(=O)(CC[Si](C)(C)C)Oc1ccc(Cl)c(Cl)c1CO. The van der Waals surface area contributed by atoms with E-state index in [0.29, 0.717) is 28.7 Å². The molecule has 1 rings (SSSR count). The van der Waals surface area contributed by atoms with Gasteiger partial charge in [-0.3, -0.25) is 4.57 Å². The lowest BCUT2D eigenvalue weighted by Crippen LogP contribution is -2.24. The van der Waals surface area contributed by atoms with Gasteiger partial charge in [-0.1, -0.05) is 62.5 Å². The number of hydrogen-bond acceptors (Lipinski definition) is 3. The van der Waals surface area contributed by atoms with Crippen LogP contribution in [0.4, 0.5) is 0 Å². The third-order valence-electron chi connectivity index (χ3n) is 3.98. The highest BCUT2D eigenvalue weighted by molar-refractivity contribution is 7.59. The summed E-state index contributed by atoms with van der Waals surface area (Å²) in [5.41, 5.74) is 0.412. The Bertz CT molecular complexity index is 618. The number of halogens is 2. The first-order chi connectivity index (χ1) is 11.3.